The number of hydrogen-bond acceptors (Lipinski definition) is 6. The van der Waals surface area contributed by atoms with Crippen molar-refractivity contribution in [1.29, 1.82) is 0 Å². The number of carbonyl (C=O) groups is 3. The number of ether oxygens (including phenoxy) is 3. The maximum absolute atomic E-state index is 12.9. The second-order valence-corrected chi connectivity index (χ2v) is 23.5. The molecule has 0 fully saturated rings. The molecular formula is C70H132O6. The van der Waals surface area contributed by atoms with Crippen LogP contribution in [0, 0.1) is 0 Å². The highest BCUT2D eigenvalue weighted by molar-refractivity contribution is 5.71. The van der Waals surface area contributed by atoms with Gasteiger partial charge in [-0.25, -0.2) is 0 Å². The third kappa shape index (κ3) is 62.7. The van der Waals surface area contributed by atoms with Gasteiger partial charge in [0.2, 0.25) is 0 Å². The summed E-state index contributed by atoms with van der Waals surface area (Å²) in [4.78, 5) is 38.3. The molecule has 0 aromatic carbocycles. The Bertz CT molecular complexity index is 1230. The van der Waals surface area contributed by atoms with Gasteiger partial charge in [0.05, 0.1) is 0 Å². The molecule has 0 bridgehead atoms. The quantitative estimate of drug-likeness (QED) is 0.0261. The van der Waals surface area contributed by atoms with Crippen LogP contribution in [0.4, 0.5) is 0 Å². The van der Waals surface area contributed by atoms with Crippen LogP contribution in [0.3, 0.4) is 0 Å². The molecule has 0 aliphatic rings. The van der Waals surface area contributed by atoms with Gasteiger partial charge in [0.1, 0.15) is 13.2 Å². The number of hydrogen-bond donors (Lipinski definition) is 0. The first-order valence-corrected chi connectivity index (χ1v) is 34.3. The molecule has 0 aromatic rings. The monoisotopic (exact) mass is 1070 g/mol. The summed E-state index contributed by atoms with van der Waals surface area (Å²) in [5, 5.41) is 0. The van der Waals surface area contributed by atoms with Gasteiger partial charge in [-0.3, -0.25) is 14.4 Å². The first-order chi connectivity index (χ1) is 37.5. The molecule has 0 rings (SSSR count). The molecule has 0 N–H and O–H groups in total. The Kier molecular flexibility index (Phi) is 63.6. The lowest BCUT2D eigenvalue weighted by Crippen LogP contribution is -2.30. The van der Waals surface area contributed by atoms with Gasteiger partial charge in [-0.1, -0.05) is 347 Å². The molecular weight excluding hydrogens is 937 g/mol. The van der Waals surface area contributed by atoms with Crippen LogP contribution in [0.15, 0.2) is 24.3 Å². The van der Waals surface area contributed by atoms with E-state index < -0.39 is 6.10 Å². The van der Waals surface area contributed by atoms with E-state index in [4.69, 9.17) is 14.2 Å². The van der Waals surface area contributed by atoms with Crippen molar-refractivity contribution in [1.82, 2.24) is 0 Å². The summed E-state index contributed by atoms with van der Waals surface area (Å²) in [5.74, 6) is -0.857. The molecule has 0 radical (unpaired) electrons. The van der Waals surface area contributed by atoms with Gasteiger partial charge in [-0.2, -0.15) is 0 Å². The fraction of sp³-hybridized carbons (Fsp3) is 0.900. The van der Waals surface area contributed by atoms with Crippen molar-refractivity contribution < 1.29 is 28.6 Å². The van der Waals surface area contributed by atoms with E-state index in [0.29, 0.717) is 19.3 Å². The van der Waals surface area contributed by atoms with Gasteiger partial charge >= 0.3 is 17.9 Å². The maximum Gasteiger partial charge on any atom is 0.306 e. The zero-order valence-corrected chi connectivity index (χ0v) is 51.6. The molecule has 0 amide bonds. The summed E-state index contributed by atoms with van der Waals surface area (Å²) < 4.78 is 16.9. The van der Waals surface area contributed by atoms with Crippen molar-refractivity contribution in [2.24, 2.45) is 0 Å². The third-order valence-electron chi connectivity index (χ3n) is 15.7. The summed E-state index contributed by atoms with van der Waals surface area (Å²) in [7, 11) is 0. The van der Waals surface area contributed by atoms with Gasteiger partial charge in [0.15, 0.2) is 6.10 Å². The lowest BCUT2D eigenvalue weighted by atomic mass is 10.0. The Labute approximate surface area is 474 Å². The van der Waals surface area contributed by atoms with Crippen molar-refractivity contribution in [3.8, 4) is 0 Å². The summed E-state index contributed by atoms with van der Waals surface area (Å²) in [6.07, 6.45) is 79.3. The number of esters is 3. The SMILES string of the molecule is CCCC/C=C\C/C=C\CCCCCCCC(=O)OC(COC(=O)CCCCCCCCCCCCCCCC)COC(=O)CCCCCCCCCCCCCCCCCCCCCCCCCCCCCCCC. The topological polar surface area (TPSA) is 78.9 Å². The first kappa shape index (κ1) is 73.9. The molecule has 0 aliphatic heterocycles. The summed E-state index contributed by atoms with van der Waals surface area (Å²) in [6, 6.07) is 0. The third-order valence-corrected chi connectivity index (χ3v) is 15.7. The average Bonchev–Trinajstić information content (AvgIpc) is 3.42. The Morgan fingerprint density at radius 1 is 0.263 bits per heavy atom. The van der Waals surface area contributed by atoms with Gasteiger partial charge < -0.3 is 14.2 Å². The number of allylic oxidation sites excluding steroid dienone is 4. The Morgan fingerprint density at radius 3 is 0.763 bits per heavy atom. The molecule has 0 saturated heterocycles. The van der Waals surface area contributed by atoms with Crippen LogP contribution in [0.2, 0.25) is 0 Å². The minimum Gasteiger partial charge on any atom is -0.462 e. The van der Waals surface area contributed by atoms with Crippen molar-refractivity contribution in [2.45, 2.75) is 393 Å². The molecule has 1 atom stereocenters. The smallest absolute Gasteiger partial charge is 0.306 e. The Balaban J connectivity index is 4.11. The molecule has 76 heavy (non-hydrogen) atoms. The highest BCUT2D eigenvalue weighted by Gasteiger charge is 2.19. The van der Waals surface area contributed by atoms with Crippen LogP contribution >= 0.6 is 0 Å². The van der Waals surface area contributed by atoms with Gasteiger partial charge in [-0.15, -0.1) is 0 Å². The van der Waals surface area contributed by atoms with Crippen LogP contribution in [0.1, 0.15) is 387 Å². The van der Waals surface area contributed by atoms with E-state index in [1.165, 1.54) is 270 Å². The molecule has 6 heteroatoms. The molecule has 0 heterocycles. The zero-order valence-electron chi connectivity index (χ0n) is 51.6. The van der Waals surface area contributed by atoms with Gasteiger partial charge in [0.25, 0.3) is 0 Å². The molecule has 0 spiro atoms. The Morgan fingerprint density at radius 2 is 0.487 bits per heavy atom. The predicted octanol–water partition coefficient (Wildman–Crippen LogP) is 23.4. The second kappa shape index (κ2) is 65.4. The van der Waals surface area contributed by atoms with E-state index in [0.717, 1.165) is 77.0 Å². The maximum atomic E-state index is 12.9. The lowest BCUT2D eigenvalue weighted by Gasteiger charge is -2.18. The van der Waals surface area contributed by atoms with E-state index in [2.05, 4.69) is 45.1 Å². The molecule has 448 valence electrons. The molecule has 1 unspecified atom stereocenters. The number of carbonyl (C=O) groups excluding carboxylic acids is 3. The molecule has 6 nitrogen and oxygen atoms in total. The minimum absolute atomic E-state index is 0.0711. The van der Waals surface area contributed by atoms with Crippen molar-refractivity contribution in [3.05, 3.63) is 24.3 Å². The van der Waals surface area contributed by atoms with Crippen molar-refractivity contribution in [2.75, 3.05) is 13.2 Å². The van der Waals surface area contributed by atoms with Crippen molar-refractivity contribution >= 4 is 17.9 Å². The van der Waals surface area contributed by atoms with Crippen LogP contribution < -0.4 is 0 Å². The van der Waals surface area contributed by atoms with E-state index in [9.17, 15) is 14.4 Å². The lowest BCUT2D eigenvalue weighted by molar-refractivity contribution is -0.167. The minimum atomic E-state index is -0.775. The van der Waals surface area contributed by atoms with E-state index in [1.807, 2.05) is 0 Å². The van der Waals surface area contributed by atoms with Crippen LogP contribution in [-0.2, 0) is 28.6 Å². The predicted molar refractivity (Wildman–Crippen MR) is 330 cm³/mol. The molecule has 0 aromatic heterocycles. The Hall–Kier alpha value is -2.11. The first-order valence-electron chi connectivity index (χ1n) is 34.3. The molecule has 0 saturated carbocycles. The largest absolute Gasteiger partial charge is 0.462 e. The standard InChI is InChI=1S/C70H132O6/c1-4-7-10-13-16-19-22-25-28-29-30-31-32-33-34-35-36-37-38-39-40-41-42-43-46-48-51-54-57-60-63-69(72)75-66-67(76-70(73)64-61-58-55-52-49-45-27-24-21-18-15-12-9-6-3)65-74-68(71)62-59-56-53-50-47-44-26-23-20-17-14-11-8-5-2/h15,18,24,27,67H,4-14,16-17,19-23,25-26,28-66H2,1-3H3/b18-15-,27-24-. The fourth-order valence-electron chi connectivity index (χ4n) is 10.5. The van der Waals surface area contributed by atoms with Crippen molar-refractivity contribution in [3.63, 3.8) is 0 Å². The highest BCUT2D eigenvalue weighted by Crippen LogP contribution is 2.19. The summed E-state index contributed by atoms with van der Waals surface area (Å²) in [5.41, 5.74) is 0. The average molecular weight is 1070 g/mol. The fourth-order valence-corrected chi connectivity index (χ4v) is 10.5. The normalized spacial score (nSPS) is 12.1. The summed E-state index contributed by atoms with van der Waals surface area (Å²) >= 11 is 0. The summed E-state index contributed by atoms with van der Waals surface area (Å²) in [6.45, 7) is 6.66. The highest BCUT2D eigenvalue weighted by atomic mass is 16.6. The van der Waals surface area contributed by atoms with Crippen LogP contribution in [0.25, 0.3) is 0 Å². The number of rotatable bonds is 64. The van der Waals surface area contributed by atoms with Gasteiger partial charge in [0, 0.05) is 19.3 Å². The van der Waals surface area contributed by atoms with E-state index in [-0.39, 0.29) is 31.1 Å². The van der Waals surface area contributed by atoms with Gasteiger partial charge in [-0.05, 0) is 44.9 Å². The second-order valence-electron chi connectivity index (χ2n) is 23.5. The van der Waals surface area contributed by atoms with Crippen LogP contribution in [0.5, 0.6) is 0 Å². The number of unbranched alkanes of at least 4 members (excludes halogenated alkanes) is 49. The van der Waals surface area contributed by atoms with Crippen LogP contribution in [-0.4, -0.2) is 37.2 Å². The van der Waals surface area contributed by atoms with E-state index in [1.54, 1.807) is 0 Å². The zero-order chi connectivity index (χ0) is 55.0. The molecule has 0 aliphatic carbocycles. The van der Waals surface area contributed by atoms with E-state index >= 15 is 0 Å².